The SMILES string of the molecule is CN(CCc1ccccn1)C(=O)C1C2CC3CC(C2)CC1C3. The second-order valence-corrected chi connectivity index (χ2v) is 7.79. The zero-order chi connectivity index (χ0) is 15.1. The molecule has 0 radical (unpaired) electrons. The fraction of sp³-hybridized carbons (Fsp3) is 0.684. The van der Waals surface area contributed by atoms with Crippen molar-refractivity contribution in [2.75, 3.05) is 13.6 Å². The smallest absolute Gasteiger partial charge is 0.225 e. The molecule has 5 rings (SSSR count). The van der Waals surface area contributed by atoms with Gasteiger partial charge in [0.2, 0.25) is 5.91 Å². The summed E-state index contributed by atoms with van der Waals surface area (Å²) in [6.07, 6.45) is 9.40. The second kappa shape index (κ2) is 5.68. The molecule has 0 unspecified atom stereocenters. The largest absolute Gasteiger partial charge is 0.345 e. The van der Waals surface area contributed by atoms with Crippen LogP contribution in [0.15, 0.2) is 24.4 Å². The molecule has 4 aliphatic carbocycles. The van der Waals surface area contributed by atoms with Crippen LogP contribution >= 0.6 is 0 Å². The first-order valence-corrected chi connectivity index (χ1v) is 8.85. The van der Waals surface area contributed by atoms with E-state index in [0.29, 0.717) is 23.7 Å². The quantitative estimate of drug-likeness (QED) is 0.855. The molecule has 0 aliphatic heterocycles. The van der Waals surface area contributed by atoms with Crippen molar-refractivity contribution < 1.29 is 4.79 Å². The standard InChI is InChI=1S/C19H26N2O/c1-21(7-5-17-4-2-3-6-20-17)19(22)18-15-9-13-8-14(11-15)12-16(18)10-13/h2-4,6,13-16,18H,5,7-12H2,1H3. The number of hydrogen-bond donors (Lipinski definition) is 0. The lowest BCUT2D eigenvalue weighted by molar-refractivity contribution is -0.147. The van der Waals surface area contributed by atoms with Crippen LogP contribution in [-0.2, 0) is 11.2 Å². The van der Waals surface area contributed by atoms with Gasteiger partial charge in [-0.3, -0.25) is 9.78 Å². The normalized spacial score (nSPS) is 35.6. The number of amides is 1. The van der Waals surface area contributed by atoms with Crippen LogP contribution in [0.3, 0.4) is 0 Å². The number of rotatable bonds is 4. The van der Waals surface area contributed by atoms with Gasteiger partial charge in [-0.2, -0.15) is 0 Å². The number of carbonyl (C=O) groups is 1. The van der Waals surface area contributed by atoms with E-state index in [9.17, 15) is 4.79 Å². The first-order valence-electron chi connectivity index (χ1n) is 8.85. The van der Waals surface area contributed by atoms with E-state index in [1.807, 2.05) is 36.3 Å². The van der Waals surface area contributed by atoms with Crippen LogP contribution < -0.4 is 0 Å². The van der Waals surface area contributed by atoms with Gasteiger partial charge in [-0.05, 0) is 67.9 Å². The Hall–Kier alpha value is -1.38. The Balaban J connectivity index is 1.39. The van der Waals surface area contributed by atoms with E-state index >= 15 is 0 Å². The lowest BCUT2D eigenvalue weighted by Crippen LogP contribution is -2.51. The Morgan fingerprint density at radius 3 is 2.41 bits per heavy atom. The second-order valence-electron chi connectivity index (χ2n) is 7.79. The van der Waals surface area contributed by atoms with E-state index in [-0.39, 0.29) is 0 Å². The molecule has 0 spiro atoms. The van der Waals surface area contributed by atoms with Gasteiger partial charge in [0.1, 0.15) is 0 Å². The number of carbonyl (C=O) groups excluding carboxylic acids is 1. The molecule has 118 valence electrons. The van der Waals surface area contributed by atoms with Crippen molar-refractivity contribution in [2.45, 2.75) is 38.5 Å². The summed E-state index contributed by atoms with van der Waals surface area (Å²) in [4.78, 5) is 19.3. The molecule has 4 fully saturated rings. The highest BCUT2D eigenvalue weighted by Gasteiger charge is 2.51. The van der Waals surface area contributed by atoms with E-state index in [1.165, 1.54) is 32.1 Å². The van der Waals surface area contributed by atoms with Gasteiger partial charge in [-0.25, -0.2) is 0 Å². The molecule has 3 heteroatoms. The lowest BCUT2D eigenvalue weighted by atomic mass is 9.51. The molecule has 22 heavy (non-hydrogen) atoms. The Bertz CT molecular complexity index is 514. The zero-order valence-corrected chi connectivity index (χ0v) is 13.4. The molecule has 4 aliphatic rings. The molecule has 0 atom stereocenters. The monoisotopic (exact) mass is 298 g/mol. The van der Waals surface area contributed by atoms with E-state index in [2.05, 4.69) is 4.98 Å². The van der Waals surface area contributed by atoms with Crippen molar-refractivity contribution >= 4 is 5.91 Å². The third kappa shape index (κ3) is 2.55. The highest BCUT2D eigenvalue weighted by atomic mass is 16.2. The van der Waals surface area contributed by atoms with Crippen molar-refractivity contribution in [3.05, 3.63) is 30.1 Å². The number of aromatic nitrogens is 1. The van der Waals surface area contributed by atoms with Crippen LogP contribution in [0.25, 0.3) is 0 Å². The molecule has 0 aromatic carbocycles. The molecule has 4 saturated carbocycles. The fourth-order valence-electron chi connectivity index (χ4n) is 5.52. The minimum Gasteiger partial charge on any atom is -0.345 e. The van der Waals surface area contributed by atoms with Crippen LogP contribution in [0, 0.1) is 29.6 Å². The molecule has 4 bridgehead atoms. The van der Waals surface area contributed by atoms with Crippen LogP contribution in [0.4, 0.5) is 0 Å². The summed E-state index contributed by atoms with van der Waals surface area (Å²) in [6.45, 7) is 0.790. The van der Waals surface area contributed by atoms with Gasteiger partial charge in [0.05, 0.1) is 0 Å². The van der Waals surface area contributed by atoms with Crippen LogP contribution in [0.5, 0.6) is 0 Å². The number of likely N-dealkylation sites (N-methyl/N-ethyl adjacent to an activating group) is 1. The number of hydrogen-bond acceptors (Lipinski definition) is 2. The van der Waals surface area contributed by atoms with Crippen molar-refractivity contribution in [2.24, 2.45) is 29.6 Å². The molecular weight excluding hydrogens is 272 g/mol. The molecule has 3 nitrogen and oxygen atoms in total. The first-order chi connectivity index (χ1) is 10.7. The van der Waals surface area contributed by atoms with Crippen LogP contribution in [0.1, 0.15) is 37.8 Å². The zero-order valence-electron chi connectivity index (χ0n) is 13.4. The van der Waals surface area contributed by atoms with Crippen molar-refractivity contribution in [3.8, 4) is 0 Å². The summed E-state index contributed by atoms with van der Waals surface area (Å²) in [5, 5.41) is 0. The van der Waals surface area contributed by atoms with Gasteiger partial charge >= 0.3 is 0 Å². The van der Waals surface area contributed by atoms with Gasteiger partial charge in [0, 0.05) is 37.8 Å². The topological polar surface area (TPSA) is 33.2 Å². The summed E-state index contributed by atoms with van der Waals surface area (Å²) in [5.74, 6) is 3.96. The molecule has 0 N–H and O–H groups in total. The van der Waals surface area contributed by atoms with Gasteiger partial charge in [0.15, 0.2) is 0 Å². The molecule has 1 aromatic heterocycles. The van der Waals surface area contributed by atoms with E-state index in [0.717, 1.165) is 30.5 Å². The third-order valence-electron chi connectivity index (χ3n) is 6.32. The number of pyridine rings is 1. The minimum atomic E-state index is 0.321. The predicted molar refractivity (Wildman–Crippen MR) is 86.1 cm³/mol. The van der Waals surface area contributed by atoms with Crippen LogP contribution in [-0.4, -0.2) is 29.4 Å². The van der Waals surface area contributed by atoms with E-state index in [4.69, 9.17) is 0 Å². The van der Waals surface area contributed by atoms with Crippen molar-refractivity contribution in [3.63, 3.8) is 0 Å². The average Bonchev–Trinajstić information content (AvgIpc) is 2.52. The Morgan fingerprint density at radius 2 is 1.82 bits per heavy atom. The van der Waals surface area contributed by atoms with E-state index in [1.54, 1.807) is 0 Å². The van der Waals surface area contributed by atoms with Gasteiger partial charge in [-0.15, -0.1) is 0 Å². The summed E-state index contributed by atoms with van der Waals surface area (Å²) < 4.78 is 0. The molecular formula is C19H26N2O. The molecule has 1 heterocycles. The first kappa shape index (κ1) is 14.2. The highest BCUT2D eigenvalue weighted by molar-refractivity contribution is 5.79. The lowest BCUT2D eigenvalue weighted by Gasteiger charge is -2.54. The van der Waals surface area contributed by atoms with Crippen molar-refractivity contribution in [1.82, 2.24) is 9.88 Å². The Kier molecular flexibility index (Phi) is 3.67. The fourth-order valence-corrected chi connectivity index (χ4v) is 5.52. The summed E-state index contributed by atoms with van der Waals surface area (Å²) in [6, 6.07) is 6.00. The van der Waals surface area contributed by atoms with Gasteiger partial charge in [0.25, 0.3) is 0 Å². The maximum atomic E-state index is 13.0. The van der Waals surface area contributed by atoms with Gasteiger partial charge in [-0.1, -0.05) is 6.07 Å². The predicted octanol–water partition coefficient (Wildman–Crippen LogP) is 3.15. The number of nitrogens with zero attached hydrogens (tertiary/aromatic N) is 2. The molecule has 0 saturated heterocycles. The maximum absolute atomic E-state index is 13.0. The Morgan fingerprint density at radius 1 is 1.14 bits per heavy atom. The summed E-state index contributed by atoms with van der Waals surface area (Å²) >= 11 is 0. The summed E-state index contributed by atoms with van der Waals surface area (Å²) in [5.41, 5.74) is 1.08. The highest BCUT2D eigenvalue weighted by Crippen LogP contribution is 2.56. The Labute approximate surface area is 133 Å². The third-order valence-corrected chi connectivity index (χ3v) is 6.32. The molecule has 1 amide bonds. The minimum absolute atomic E-state index is 0.321. The van der Waals surface area contributed by atoms with Gasteiger partial charge < -0.3 is 4.90 Å². The molecule has 1 aromatic rings. The maximum Gasteiger partial charge on any atom is 0.225 e. The van der Waals surface area contributed by atoms with E-state index < -0.39 is 0 Å². The average molecular weight is 298 g/mol. The van der Waals surface area contributed by atoms with Crippen LogP contribution in [0.2, 0.25) is 0 Å². The summed E-state index contributed by atoms with van der Waals surface area (Å²) in [7, 11) is 1.98. The van der Waals surface area contributed by atoms with Crippen molar-refractivity contribution in [1.29, 1.82) is 0 Å².